The molecule has 2 bridgehead atoms. The standard InChI is InChI=1S/C18H22N2O2S/c1-11-3-4-14(22-11)15-5-6-16(23-15)18(21)19-17-12(2)20-9-7-13(17)8-10-20/h3-6,12-13,17H,7-10H2,1-2H3,(H,19,21)/t12-,17-/m0/s1. The largest absolute Gasteiger partial charge is 0.461 e. The molecule has 0 aliphatic carbocycles. The van der Waals surface area contributed by atoms with Gasteiger partial charge in [-0.2, -0.15) is 0 Å². The van der Waals surface area contributed by atoms with Gasteiger partial charge in [-0.15, -0.1) is 11.3 Å². The lowest BCUT2D eigenvalue weighted by Crippen LogP contribution is -2.62. The van der Waals surface area contributed by atoms with E-state index < -0.39 is 0 Å². The van der Waals surface area contributed by atoms with Crippen molar-refractivity contribution in [2.45, 2.75) is 38.8 Å². The van der Waals surface area contributed by atoms with Crippen molar-refractivity contribution in [3.63, 3.8) is 0 Å². The van der Waals surface area contributed by atoms with E-state index in [-0.39, 0.29) is 11.9 Å². The lowest BCUT2D eigenvalue weighted by Gasteiger charge is -2.49. The highest BCUT2D eigenvalue weighted by atomic mass is 32.1. The minimum Gasteiger partial charge on any atom is -0.461 e. The number of carbonyl (C=O) groups excluding carboxylic acids is 1. The Morgan fingerprint density at radius 3 is 2.70 bits per heavy atom. The van der Waals surface area contributed by atoms with Crippen molar-refractivity contribution in [1.29, 1.82) is 0 Å². The average molecular weight is 330 g/mol. The van der Waals surface area contributed by atoms with Crippen LogP contribution in [0.25, 0.3) is 10.6 Å². The molecule has 3 aliphatic heterocycles. The van der Waals surface area contributed by atoms with Crippen LogP contribution in [0.3, 0.4) is 0 Å². The van der Waals surface area contributed by atoms with Crippen LogP contribution in [0.1, 0.15) is 35.2 Å². The summed E-state index contributed by atoms with van der Waals surface area (Å²) in [7, 11) is 0. The number of fused-ring (bicyclic) bond motifs is 3. The number of hydrogen-bond donors (Lipinski definition) is 1. The summed E-state index contributed by atoms with van der Waals surface area (Å²) in [6.07, 6.45) is 2.41. The van der Waals surface area contributed by atoms with Crippen LogP contribution in [0.15, 0.2) is 28.7 Å². The zero-order valence-electron chi connectivity index (χ0n) is 13.5. The predicted molar refractivity (Wildman–Crippen MR) is 91.8 cm³/mol. The molecular formula is C18H22N2O2S. The molecule has 0 spiro atoms. The summed E-state index contributed by atoms with van der Waals surface area (Å²) in [5.74, 6) is 2.41. The number of piperidine rings is 3. The van der Waals surface area contributed by atoms with Crippen molar-refractivity contribution in [2.75, 3.05) is 13.1 Å². The molecule has 5 heteroatoms. The van der Waals surface area contributed by atoms with Crippen LogP contribution in [-0.2, 0) is 0 Å². The zero-order valence-corrected chi connectivity index (χ0v) is 14.4. The highest BCUT2D eigenvalue weighted by molar-refractivity contribution is 7.17. The van der Waals surface area contributed by atoms with Gasteiger partial charge in [-0.1, -0.05) is 0 Å². The molecule has 0 saturated carbocycles. The number of nitrogens with zero attached hydrogens (tertiary/aromatic N) is 1. The molecule has 122 valence electrons. The number of rotatable bonds is 3. The van der Waals surface area contributed by atoms with Gasteiger partial charge in [-0.25, -0.2) is 0 Å². The molecule has 3 fully saturated rings. The van der Waals surface area contributed by atoms with E-state index in [1.165, 1.54) is 37.3 Å². The minimum atomic E-state index is 0.0510. The fourth-order valence-electron chi connectivity index (χ4n) is 3.93. The van der Waals surface area contributed by atoms with E-state index >= 15 is 0 Å². The van der Waals surface area contributed by atoms with Gasteiger partial charge in [0.15, 0.2) is 0 Å². The van der Waals surface area contributed by atoms with Crippen LogP contribution in [0, 0.1) is 12.8 Å². The van der Waals surface area contributed by atoms with E-state index in [0.717, 1.165) is 21.3 Å². The van der Waals surface area contributed by atoms with Crippen LogP contribution in [0.5, 0.6) is 0 Å². The molecule has 0 radical (unpaired) electrons. The lowest BCUT2D eigenvalue weighted by molar-refractivity contribution is 0.0218. The number of thiophene rings is 1. The van der Waals surface area contributed by atoms with Gasteiger partial charge >= 0.3 is 0 Å². The summed E-state index contributed by atoms with van der Waals surface area (Å²) in [6, 6.07) is 8.50. The Balaban J connectivity index is 1.48. The third-order valence-corrected chi connectivity index (χ3v) is 6.39. The highest BCUT2D eigenvalue weighted by Gasteiger charge is 2.40. The maximum atomic E-state index is 12.6. The van der Waals surface area contributed by atoms with E-state index in [1.807, 2.05) is 31.2 Å². The van der Waals surface area contributed by atoms with Gasteiger partial charge < -0.3 is 9.73 Å². The van der Waals surface area contributed by atoms with Gasteiger partial charge in [0.05, 0.1) is 9.75 Å². The molecule has 23 heavy (non-hydrogen) atoms. The Labute approximate surface area is 140 Å². The number of amides is 1. The first kappa shape index (κ1) is 15.0. The quantitative estimate of drug-likeness (QED) is 0.936. The molecule has 2 aromatic heterocycles. The number of hydrogen-bond acceptors (Lipinski definition) is 4. The maximum absolute atomic E-state index is 12.6. The second kappa shape index (κ2) is 5.80. The third-order valence-electron chi connectivity index (χ3n) is 5.29. The molecule has 0 unspecified atom stereocenters. The number of carbonyl (C=O) groups is 1. The Bertz CT molecular complexity index is 710. The number of nitrogens with one attached hydrogen (secondary N) is 1. The summed E-state index contributed by atoms with van der Waals surface area (Å²) >= 11 is 1.50. The second-order valence-corrected chi connectivity index (χ2v) is 7.77. The van der Waals surface area contributed by atoms with Crippen molar-refractivity contribution in [2.24, 2.45) is 5.92 Å². The minimum absolute atomic E-state index is 0.0510. The van der Waals surface area contributed by atoms with Gasteiger partial charge in [-0.3, -0.25) is 9.69 Å². The van der Waals surface area contributed by atoms with Crippen molar-refractivity contribution in [3.05, 3.63) is 34.9 Å². The van der Waals surface area contributed by atoms with Crippen LogP contribution in [-0.4, -0.2) is 36.0 Å². The van der Waals surface area contributed by atoms with Gasteiger partial charge in [-0.05, 0) is 70.0 Å². The fraction of sp³-hybridized carbons (Fsp3) is 0.500. The molecule has 0 aromatic carbocycles. The Morgan fingerprint density at radius 2 is 2.04 bits per heavy atom. The van der Waals surface area contributed by atoms with Crippen molar-refractivity contribution < 1.29 is 9.21 Å². The first-order valence-corrected chi connectivity index (χ1v) is 9.15. The van der Waals surface area contributed by atoms with E-state index in [4.69, 9.17) is 4.42 Å². The van der Waals surface area contributed by atoms with Gasteiger partial charge in [0.25, 0.3) is 5.91 Å². The molecular weight excluding hydrogens is 308 g/mol. The monoisotopic (exact) mass is 330 g/mol. The van der Waals surface area contributed by atoms with Gasteiger partial charge in [0.2, 0.25) is 0 Å². The van der Waals surface area contributed by atoms with Crippen molar-refractivity contribution >= 4 is 17.2 Å². The highest BCUT2D eigenvalue weighted by Crippen LogP contribution is 2.33. The lowest BCUT2D eigenvalue weighted by atomic mass is 9.79. The Morgan fingerprint density at radius 1 is 1.26 bits per heavy atom. The van der Waals surface area contributed by atoms with Crippen molar-refractivity contribution in [3.8, 4) is 10.6 Å². The van der Waals surface area contributed by atoms with Crippen LogP contribution in [0.4, 0.5) is 0 Å². The fourth-order valence-corrected chi connectivity index (χ4v) is 4.80. The summed E-state index contributed by atoms with van der Waals surface area (Å²) in [6.45, 7) is 6.53. The van der Waals surface area contributed by atoms with Gasteiger partial charge in [0, 0.05) is 12.1 Å². The number of aryl methyl sites for hydroxylation is 1. The van der Waals surface area contributed by atoms with E-state index in [1.54, 1.807) is 0 Å². The first-order valence-electron chi connectivity index (χ1n) is 8.33. The summed E-state index contributed by atoms with van der Waals surface area (Å²) in [5, 5.41) is 3.29. The predicted octanol–water partition coefficient (Wildman–Crippen LogP) is 3.53. The topological polar surface area (TPSA) is 45.5 Å². The zero-order chi connectivity index (χ0) is 16.0. The Hall–Kier alpha value is -1.59. The summed E-state index contributed by atoms with van der Waals surface area (Å²) < 4.78 is 5.64. The third kappa shape index (κ3) is 2.72. The molecule has 3 saturated heterocycles. The smallest absolute Gasteiger partial charge is 0.261 e. The molecule has 1 amide bonds. The van der Waals surface area contributed by atoms with Crippen LogP contribution >= 0.6 is 11.3 Å². The second-order valence-electron chi connectivity index (χ2n) is 6.69. The molecule has 2 aromatic rings. The molecule has 5 rings (SSSR count). The van der Waals surface area contributed by atoms with Gasteiger partial charge in [0.1, 0.15) is 11.5 Å². The van der Waals surface area contributed by atoms with E-state index in [2.05, 4.69) is 17.1 Å². The Kier molecular flexibility index (Phi) is 3.77. The normalized spacial score (nSPS) is 29.7. The first-order chi connectivity index (χ1) is 11.1. The summed E-state index contributed by atoms with van der Waals surface area (Å²) in [4.78, 5) is 16.9. The van der Waals surface area contributed by atoms with E-state index in [9.17, 15) is 4.79 Å². The van der Waals surface area contributed by atoms with Crippen LogP contribution < -0.4 is 5.32 Å². The molecule has 5 heterocycles. The van der Waals surface area contributed by atoms with Crippen LogP contribution in [0.2, 0.25) is 0 Å². The average Bonchev–Trinajstić information content (AvgIpc) is 3.20. The molecule has 3 aliphatic rings. The maximum Gasteiger partial charge on any atom is 0.261 e. The van der Waals surface area contributed by atoms with Crippen molar-refractivity contribution in [1.82, 2.24) is 10.2 Å². The SMILES string of the molecule is Cc1ccc(-c2ccc(C(=O)N[C@@H]3C4CCN(CC4)[C@H]3C)s2)o1. The molecule has 2 atom stereocenters. The van der Waals surface area contributed by atoms with E-state index in [0.29, 0.717) is 12.0 Å². The molecule has 1 N–H and O–H groups in total. The number of furan rings is 1. The molecule has 4 nitrogen and oxygen atoms in total. The summed E-state index contributed by atoms with van der Waals surface area (Å²) in [5.41, 5.74) is 0.